The average Bonchev–Trinajstić information content (AvgIpc) is 2.18. The van der Waals surface area contributed by atoms with Gasteiger partial charge in [0.15, 0.2) is 5.96 Å². The van der Waals surface area contributed by atoms with Crippen LogP contribution in [0.4, 0.5) is 8.78 Å². The Morgan fingerprint density at radius 1 is 1.33 bits per heavy atom. The van der Waals surface area contributed by atoms with Crippen LogP contribution in [0.25, 0.3) is 6.08 Å². The molecule has 8 heteroatoms. The van der Waals surface area contributed by atoms with Gasteiger partial charge in [0.1, 0.15) is 11.6 Å². The Bertz CT molecular complexity index is 449. The van der Waals surface area contributed by atoms with Crippen LogP contribution in [0.5, 0.6) is 0 Å². The molecule has 0 fully saturated rings. The number of carboxylic acid groups (broad SMARTS) is 1. The average molecular weight is 280 g/mol. The van der Waals surface area contributed by atoms with Crippen LogP contribution in [0.3, 0.4) is 0 Å². The van der Waals surface area contributed by atoms with Gasteiger partial charge in [-0.1, -0.05) is 0 Å². The number of guanidine groups is 1. The summed E-state index contributed by atoms with van der Waals surface area (Å²) in [5, 5.41) is 14.3. The van der Waals surface area contributed by atoms with Crippen LogP contribution in [-0.4, -0.2) is 17.0 Å². The van der Waals surface area contributed by atoms with Gasteiger partial charge in [-0.3, -0.25) is 5.41 Å². The molecule has 0 aliphatic carbocycles. The minimum absolute atomic E-state index is 0. The summed E-state index contributed by atoms with van der Waals surface area (Å²) < 4.78 is 25.3. The zero-order valence-electron chi connectivity index (χ0n) is 9.06. The molecule has 0 bridgehead atoms. The molecule has 0 radical (unpaired) electrons. The van der Waals surface area contributed by atoms with Crippen molar-refractivity contribution in [3.8, 4) is 0 Å². The lowest BCUT2D eigenvalue weighted by atomic mass is 10.2. The van der Waals surface area contributed by atoms with Crippen LogP contribution in [0, 0.1) is 17.0 Å². The zero-order valence-corrected chi connectivity index (χ0v) is 9.88. The Morgan fingerprint density at radius 2 is 1.83 bits per heavy atom. The predicted octanol–water partition coefficient (Wildman–Crippen LogP) is 1.32. The van der Waals surface area contributed by atoms with Gasteiger partial charge in [0, 0.05) is 11.6 Å². The molecule has 0 spiro atoms. The van der Waals surface area contributed by atoms with Gasteiger partial charge in [0.2, 0.25) is 0 Å². The number of hydrogen-bond donors (Lipinski definition) is 4. The van der Waals surface area contributed by atoms with E-state index in [0.717, 1.165) is 30.4 Å². The molecule has 1 aromatic rings. The lowest BCUT2D eigenvalue weighted by Crippen LogP contribution is -2.20. The molecule has 0 heterocycles. The van der Waals surface area contributed by atoms with E-state index in [4.69, 9.17) is 10.5 Å². The van der Waals surface area contributed by atoms with Crippen LogP contribution >= 0.6 is 12.4 Å². The van der Waals surface area contributed by atoms with Crippen molar-refractivity contribution < 1.29 is 18.7 Å². The monoisotopic (exact) mass is 279 g/mol. The van der Waals surface area contributed by atoms with Gasteiger partial charge in [-0.15, -0.1) is 12.4 Å². The molecule has 0 aliphatic rings. The molecule has 0 unspecified atom stereocenters. The highest BCUT2D eigenvalue weighted by Crippen LogP contribution is 2.10. The normalized spacial score (nSPS) is 9.00. The number of halogens is 3. The molecule has 0 atom stereocenters. The maximum Gasteiger partial charge on any atom is 0.328 e. The van der Waals surface area contributed by atoms with Crippen LogP contribution in [-0.2, 0) is 4.79 Å². The largest absolute Gasteiger partial charge is 0.478 e. The summed E-state index contributed by atoms with van der Waals surface area (Å²) >= 11 is 0. The highest BCUT2D eigenvalue weighted by atomic mass is 35.5. The zero-order chi connectivity index (χ0) is 13.4. The molecule has 0 saturated carbocycles. The number of carbonyl (C=O) groups is 1. The summed E-state index contributed by atoms with van der Waals surface area (Å²) in [5.74, 6) is -2.80. The minimum atomic E-state index is -1.20. The number of carboxylic acids is 1. The van der Waals surface area contributed by atoms with Crippen LogP contribution in [0.1, 0.15) is 5.56 Å². The van der Waals surface area contributed by atoms with Crippen LogP contribution in [0.15, 0.2) is 24.3 Å². The maximum atomic E-state index is 12.8. The summed E-state index contributed by atoms with van der Waals surface area (Å²) in [6.45, 7) is 0. The molecule has 0 amide bonds. The van der Waals surface area contributed by atoms with E-state index in [1.807, 2.05) is 0 Å². The van der Waals surface area contributed by atoms with Gasteiger partial charge < -0.3 is 16.6 Å². The smallest absolute Gasteiger partial charge is 0.328 e. The number of aliphatic carboxylic acids is 1. The van der Waals surface area contributed by atoms with Gasteiger partial charge in [-0.05, 0) is 24.3 Å². The van der Waals surface area contributed by atoms with Gasteiger partial charge in [0.25, 0.3) is 0 Å². The van der Waals surface area contributed by atoms with Gasteiger partial charge in [-0.2, -0.15) is 0 Å². The number of hydrogen-bond acceptors (Lipinski definition) is 2. The van der Waals surface area contributed by atoms with Crippen molar-refractivity contribution >= 4 is 30.4 Å². The Labute approximate surface area is 108 Å². The first kappa shape index (κ1) is 18.2. The highest BCUT2D eigenvalue weighted by molar-refractivity contribution is 5.85. The molecule has 100 valence electrons. The fourth-order valence-corrected chi connectivity index (χ4v) is 0.803. The third-order valence-corrected chi connectivity index (χ3v) is 1.36. The van der Waals surface area contributed by atoms with Crippen molar-refractivity contribution in [2.24, 2.45) is 11.5 Å². The van der Waals surface area contributed by atoms with Crippen LogP contribution < -0.4 is 11.5 Å². The summed E-state index contributed by atoms with van der Waals surface area (Å²) in [6, 6.07) is 2.83. The summed E-state index contributed by atoms with van der Waals surface area (Å²) in [6.07, 6.45) is 1.75. The molecule has 0 saturated heterocycles. The Balaban J connectivity index is 0. The number of rotatable bonds is 2. The van der Waals surface area contributed by atoms with E-state index < -0.39 is 17.6 Å². The van der Waals surface area contributed by atoms with E-state index in [-0.39, 0.29) is 23.9 Å². The highest BCUT2D eigenvalue weighted by Gasteiger charge is 2.00. The van der Waals surface area contributed by atoms with E-state index in [1.165, 1.54) is 0 Å². The van der Waals surface area contributed by atoms with E-state index in [9.17, 15) is 13.6 Å². The maximum absolute atomic E-state index is 12.8. The van der Waals surface area contributed by atoms with E-state index in [1.54, 1.807) is 0 Å². The van der Waals surface area contributed by atoms with Crippen LogP contribution in [0.2, 0.25) is 0 Å². The molecular weight excluding hydrogens is 268 g/mol. The van der Waals surface area contributed by atoms with Crippen molar-refractivity contribution in [3.05, 3.63) is 41.5 Å². The SMILES string of the molecule is Cl.N=C(N)N.O=C(O)/C=C/c1cc(F)ccc1F. The predicted molar refractivity (Wildman–Crippen MR) is 66.4 cm³/mol. The van der Waals surface area contributed by atoms with Crippen molar-refractivity contribution in [1.29, 1.82) is 5.41 Å². The third kappa shape index (κ3) is 9.10. The Morgan fingerprint density at radius 3 is 2.28 bits per heavy atom. The fourth-order valence-electron chi connectivity index (χ4n) is 0.803. The summed E-state index contributed by atoms with van der Waals surface area (Å²) in [4.78, 5) is 10.1. The van der Waals surface area contributed by atoms with Gasteiger partial charge in [0.05, 0.1) is 0 Å². The fraction of sp³-hybridized carbons (Fsp3) is 0. The number of nitrogens with two attached hydrogens (primary N) is 2. The Kier molecular flexibility index (Phi) is 9.05. The minimum Gasteiger partial charge on any atom is -0.478 e. The quantitative estimate of drug-likeness (QED) is 0.371. The summed E-state index contributed by atoms with van der Waals surface area (Å²) in [7, 11) is 0. The molecule has 1 rings (SSSR count). The van der Waals surface area contributed by atoms with Gasteiger partial charge in [-0.25, -0.2) is 13.6 Å². The topological polar surface area (TPSA) is 113 Å². The van der Waals surface area contributed by atoms with E-state index in [2.05, 4.69) is 11.5 Å². The van der Waals surface area contributed by atoms with E-state index >= 15 is 0 Å². The molecule has 5 nitrogen and oxygen atoms in total. The second kappa shape index (κ2) is 8.94. The van der Waals surface area contributed by atoms with Crippen molar-refractivity contribution in [1.82, 2.24) is 0 Å². The van der Waals surface area contributed by atoms with Gasteiger partial charge >= 0.3 is 5.97 Å². The molecule has 18 heavy (non-hydrogen) atoms. The van der Waals surface area contributed by atoms with Crippen molar-refractivity contribution in [3.63, 3.8) is 0 Å². The first-order valence-electron chi connectivity index (χ1n) is 4.28. The Hall–Kier alpha value is -2.15. The lowest BCUT2D eigenvalue weighted by Gasteiger charge is -1.95. The molecule has 6 N–H and O–H groups in total. The number of benzene rings is 1. The second-order valence-corrected chi connectivity index (χ2v) is 2.79. The van der Waals surface area contributed by atoms with Crippen molar-refractivity contribution in [2.45, 2.75) is 0 Å². The summed E-state index contributed by atoms with van der Waals surface area (Å²) in [5.41, 5.74) is 8.86. The second-order valence-electron chi connectivity index (χ2n) is 2.79. The third-order valence-electron chi connectivity index (χ3n) is 1.36. The molecule has 0 aliphatic heterocycles. The van der Waals surface area contributed by atoms with Crippen molar-refractivity contribution in [2.75, 3.05) is 0 Å². The molecular formula is C10H12ClF2N3O2. The molecule has 0 aromatic heterocycles. The first-order valence-corrected chi connectivity index (χ1v) is 4.28. The number of nitrogens with one attached hydrogen (secondary N) is 1. The molecule has 1 aromatic carbocycles. The van der Waals surface area contributed by atoms with E-state index in [0.29, 0.717) is 0 Å². The lowest BCUT2D eigenvalue weighted by molar-refractivity contribution is -0.131. The standard InChI is InChI=1S/C9H6F2O2.CH5N3.ClH/c10-7-2-3-8(11)6(5-7)1-4-9(12)13;2-1(3)4;/h1-5H,(H,12,13);(H5,2,3,4);1H/b4-1+;;. The first-order chi connectivity index (χ1) is 7.82.